The lowest BCUT2D eigenvalue weighted by Crippen LogP contribution is -2.62. The van der Waals surface area contributed by atoms with Crippen LogP contribution in [0.25, 0.3) is 0 Å². The largest absolute Gasteiger partial charge is 0.394 e. The Hall–Kier alpha value is -1.96. The topological polar surface area (TPSA) is 318 Å². The van der Waals surface area contributed by atoms with E-state index in [2.05, 4.69) is 39.1 Å². The van der Waals surface area contributed by atoms with Gasteiger partial charge in [0, 0.05) is 26.6 Å². The number of hydrogen-bond acceptors (Lipinski definition) is 18. The summed E-state index contributed by atoms with van der Waals surface area (Å²) in [6, 6.07) is 0. The fraction of sp³-hybridized carbons (Fsp3) is 0.922. The lowest BCUT2D eigenvalue weighted by atomic mass is 9.50. The molecule has 20 nitrogen and oxygen atoms in total. The van der Waals surface area contributed by atoms with Gasteiger partial charge in [-0.1, -0.05) is 58.6 Å². The van der Waals surface area contributed by atoms with E-state index in [4.69, 9.17) is 23.7 Å². The number of ether oxygens (including phenoxy) is 5. The van der Waals surface area contributed by atoms with Crippen LogP contribution in [0.4, 0.5) is 0 Å². The predicted octanol–water partition coefficient (Wildman–Crippen LogP) is -0.538. The molecule has 0 bridgehead atoms. The fourth-order valence-corrected chi connectivity index (χ4v) is 13.0. The minimum absolute atomic E-state index is 0.0124. The number of nitrogens with zero attached hydrogens (tertiary/aromatic N) is 1. The summed E-state index contributed by atoms with van der Waals surface area (Å²) in [5.41, 5.74) is 1.78. The van der Waals surface area contributed by atoms with E-state index in [1.54, 1.807) is 10.5 Å². The van der Waals surface area contributed by atoms with Crippen molar-refractivity contribution in [3.05, 3.63) is 11.6 Å². The normalized spacial score (nSPS) is 39.3. The van der Waals surface area contributed by atoms with Gasteiger partial charge in [-0.3, -0.25) is 9.59 Å². The SMILES string of the molecule is CC(=O)N(CCCNC(=O)[C@H](O)[C@@H](O)[C@H](O)C(O)COC1O[C@H](COC2O[C@H](CO)C(O)[C@H](O)C2O)[C@@H](O)[C@H](O)C1O)CCO[C@H]1CC[C@@]2(C)C(=CC[C@H]3[C@@H]4CC[C@H]([C@H](C)CCCC(C)C)C4CC[C@@H]32)C1. The lowest BCUT2D eigenvalue weighted by Gasteiger charge is -2.55. The van der Waals surface area contributed by atoms with E-state index in [9.17, 15) is 65.8 Å². The van der Waals surface area contributed by atoms with Gasteiger partial charge in [0.1, 0.15) is 67.1 Å². The highest BCUT2D eigenvalue weighted by Crippen LogP contribution is 2.63. The molecule has 2 aliphatic heterocycles. The molecule has 2 amide bonds. The van der Waals surface area contributed by atoms with E-state index in [0.29, 0.717) is 19.6 Å². The van der Waals surface area contributed by atoms with Crippen molar-refractivity contribution in [3.8, 4) is 0 Å². The molecule has 6 aliphatic rings. The van der Waals surface area contributed by atoms with Crippen molar-refractivity contribution in [2.45, 2.75) is 204 Å². The predicted molar refractivity (Wildman–Crippen MR) is 254 cm³/mol. The standard InChI is InChI=1S/C51H88N2O18/c1-26(2)8-6-9-27(3)31-12-13-33-32(31)14-15-35-34(33)11-10-29-22-30(16-17-51(29,35)5)67-21-20-53(28(4)55)19-7-18-52-48(66)45(63)42(60)39(57)36(56)24-68-49-47(65)44(62)41(59)38(71-49)25-69-50-46(64)43(61)40(58)37(23-54)70-50/h10,26-27,30-47,49-50,54,56-65H,6-9,11-25H2,1-5H3,(H,52,66)/t27-,30+,31-,32?,33-,34+,35+,36?,37-,38-,39-,40?,41-,42+,43+,44+,45-,46?,47?,49?,50?,51+/m1/s1. The maximum atomic E-state index is 12.8. The van der Waals surface area contributed by atoms with Crippen molar-refractivity contribution in [2.24, 2.45) is 46.8 Å². The molecule has 0 aromatic carbocycles. The first-order valence-corrected chi connectivity index (χ1v) is 26.5. The molecule has 0 radical (unpaired) electrons. The summed E-state index contributed by atoms with van der Waals surface area (Å²) in [5, 5.41) is 116. The monoisotopic (exact) mass is 1020 g/mol. The van der Waals surface area contributed by atoms with Crippen molar-refractivity contribution in [1.82, 2.24) is 10.2 Å². The molecule has 6 rings (SSSR count). The van der Waals surface area contributed by atoms with Crippen LogP contribution in [0.2, 0.25) is 0 Å². The number of carbonyl (C=O) groups excluding carboxylic acids is 2. The van der Waals surface area contributed by atoms with Crippen LogP contribution in [0.5, 0.6) is 0 Å². The van der Waals surface area contributed by atoms with Crippen LogP contribution in [-0.2, 0) is 33.3 Å². The van der Waals surface area contributed by atoms with E-state index in [0.717, 1.165) is 60.7 Å². The van der Waals surface area contributed by atoms with Crippen molar-refractivity contribution in [1.29, 1.82) is 0 Å². The zero-order chi connectivity index (χ0) is 51.9. The Kier molecular flexibility index (Phi) is 21.5. The Morgan fingerprint density at radius 2 is 1.44 bits per heavy atom. The summed E-state index contributed by atoms with van der Waals surface area (Å²) >= 11 is 0. The third-order valence-corrected chi connectivity index (χ3v) is 17.4. The maximum Gasteiger partial charge on any atom is 0.251 e. The molecule has 0 spiro atoms. The van der Waals surface area contributed by atoms with Crippen LogP contribution in [0.3, 0.4) is 0 Å². The van der Waals surface area contributed by atoms with Gasteiger partial charge in [-0.05, 0) is 105 Å². The number of fused-ring (bicyclic) bond motifs is 5. The van der Waals surface area contributed by atoms with Crippen LogP contribution < -0.4 is 5.32 Å². The molecule has 3 saturated carbocycles. The number of aliphatic hydroxyl groups excluding tert-OH is 11. The van der Waals surface area contributed by atoms with Crippen LogP contribution in [0.1, 0.15) is 112 Å². The first-order valence-electron chi connectivity index (χ1n) is 26.5. The van der Waals surface area contributed by atoms with Crippen molar-refractivity contribution >= 4 is 11.8 Å². The van der Waals surface area contributed by atoms with E-state index in [1.807, 2.05) is 0 Å². The first-order chi connectivity index (χ1) is 33.7. The average Bonchev–Trinajstić information content (AvgIpc) is 3.79. The quantitative estimate of drug-likeness (QED) is 0.0427. The highest BCUT2D eigenvalue weighted by Gasteiger charge is 2.55. The highest BCUT2D eigenvalue weighted by molar-refractivity contribution is 5.81. The fourth-order valence-electron chi connectivity index (χ4n) is 13.0. The summed E-state index contributed by atoms with van der Waals surface area (Å²) in [6.45, 7) is 9.96. The zero-order valence-electron chi connectivity index (χ0n) is 42.4. The molecule has 12 N–H and O–H groups in total. The van der Waals surface area contributed by atoms with Gasteiger partial charge < -0.3 is 90.1 Å². The van der Waals surface area contributed by atoms with E-state index >= 15 is 0 Å². The number of carbonyl (C=O) groups is 2. The van der Waals surface area contributed by atoms with Crippen molar-refractivity contribution in [3.63, 3.8) is 0 Å². The minimum atomic E-state index is -2.21. The molecular weight excluding hydrogens is 929 g/mol. The molecule has 7 unspecified atom stereocenters. The minimum Gasteiger partial charge on any atom is -0.394 e. The maximum absolute atomic E-state index is 12.8. The van der Waals surface area contributed by atoms with Gasteiger partial charge in [-0.2, -0.15) is 0 Å². The van der Waals surface area contributed by atoms with Crippen LogP contribution in [0.15, 0.2) is 11.6 Å². The molecule has 410 valence electrons. The molecule has 5 fully saturated rings. The van der Waals surface area contributed by atoms with Crippen LogP contribution in [-0.4, -0.2) is 211 Å². The van der Waals surface area contributed by atoms with Gasteiger partial charge in [0.15, 0.2) is 18.7 Å². The van der Waals surface area contributed by atoms with Gasteiger partial charge in [0.2, 0.25) is 5.91 Å². The van der Waals surface area contributed by atoms with Crippen LogP contribution >= 0.6 is 0 Å². The smallest absolute Gasteiger partial charge is 0.251 e. The van der Waals surface area contributed by atoms with Gasteiger partial charge in [0.05, 0.1) is 32.5 Å². The molecule has 2 saturated heterocycles. The molecule has 4 aliphatic carbocycles. The second-order valence-electron chi connectivity index (χ2n) is 22.4. The Balaban J connectivity index is 0.877. The van der Waals surface area contributed by atoms with E-state index in [-0.39, 0.29) is 30.5 Å². The lowest BCUT2D eigenvalue weighted by molar-refractivity contribution is -0.333. The third-order valence-electron chi connectivity index (χ3n) is 17.4. The average molecular weight is 1020 g/mol. The van der Waals surface area contributed by atoms with Crippen molar-refractivity contribution in [2.75, 3.05) is 46.1 Å². The van der Waals surface area contributed by atoms with Gasteiger partial charge >= 0.3 is 0 Å². The molecule has 0 aromatic heterocycles. The summed E-state index contributed by atoms with van der Waals surface area (Å²) in [5.74, 6) is 4.56. The molecule has 0 aromatic rings. The molecule has 20 heteroatoms. The number of allylic oxidation sites excluding steroid dienone is 1. The van der Waals surface area contributed by atoms with Crippen LogP contribution in [0, 0.1) is 46.8 Å². The van der Waals surface area contributed by atoms with Gasteiger partial charge in [-0.25, -0.2) is 0 Å². The summed E-state index contributed by atoms with van der Waals surface area (Å²) < 4.78 is 27.8. The van der Waals surface area contributed by atoms with E-state index < -0.39 is 112 Å². The molecular formula is C51H88N2O18. The number of aliphatic hydroxyl groups is 11. The Labute approximate surface area is 418 Å². The highest BCUT2D eigenvalue weighted by atomic mass is 16.7. The molecule has 71 heavy (non-hydrogen) atoms. The number of hydrogen-bond donors (Lipinski definition) is 12. The van der Waals surface area contributed by atoms with E-state index in [1.165, 1.54) is 58.3 Å². The van der Waals surface area contributed by atoms with Crippen molar-refractivity contribution < 1.29 is 89.4 Å². The van der Waals surface area contributed by atoms with Gasteiger partial charge in [0.25, 0.3) is 5.91 Å². The molecule has 22 atom stereocenters. The Morgan fingerprint density at radius 1 is 0.775 bits per heavy atom. The second kappa shape index (κ2) is 26.2. The summed E-state index contributed by atoms with van der Waals surface area (Å²) in [6.07, 6.45) is -8.69. The first kappa shape index (κ1) is 58.3. The Morgan fingerprint density at radius 3 is 2.11 bits per heavy atom. The number of nitrogens with one attached hydrogen (secondary N) is 1. The number of rotatable bonds is 24. The third kappa shape index (κ3) is 13.9. The number of amides is 2. The second-order valence-corrected chi connectivity index (χ2v) is 22.4. The zero-order valence-corrected chi connectivity index (χ0v) is 42.4. The Bertz CT molecular complexity index is 1710. The van der Waals surface area contributed by atoms with Gasteiger partial charge in [-0.15, -0.1) is 0 Å². The summed E-state index contributed by atoms with van der Waals surface area (Å²) in [7, 11) is 0. The molecule has 2 heterocycles. The summed E-state index contributed by atoms with van der Waals surface area (Å²) in [4.78, 5) is 27.0.